The first kappa shape index (κ1) is 30.0. The van der Waals surface area contributed by atoms with E-state index in [2.05, 4.69) is 14.6 Å². The van der Waals surface area contributed by atoms with E-state index in [1.165, 1.54) is 14.2 Å². The van der Waals surface area contributed by atoms with Gasteiger partial charge in [-0.3, -0.25) is 14.6 Å². The van der Waals surface area contributed by atoms with Gasteiger partial charge in [0, 0.05) is 13.2 Å². The lowest BCUT2D eigenvalue weighted by atomic mass is 9.81. The highest BCUT2D eigenvalue weighted by Gasteiger charge is 2.38. The van der Waals surface area contributed by atoms with E-state index in [-0.39, 0.29) is 27.4 Å². The van der Waals surface area contributed by atoms with Crippen LogP contribution in [0.5, 0.6) is 5.75 Å². The summed E-state index contributed by atoms with van der Waals surface area (Å²) in [6, 6.07) is 1.79. The Labute approximate surface area is 225 Å². The van der Waals surface area contributed by atoms with Gasteiger partial charge in [0.15, 0.2) is 11.4 Å². The molecular weight excluding hydrogens is 577 g/mol. The second-order valence-electron chi connectivity index (χ2n) is 8.48. The average molecular weight is 601 g/mol. The molecule has 3 rings (SSSR count). The van der Waals surface area contributed by atoms with E-state index in [9.17, 15) is 31.6 Å². The van der Waals surface area contributed by atoms with E-state index in [0.29, 0.717) is 17.5 Å². The predicted octanol–water partition coefficient (Wildman–Crippen LogP) is 1.82. The van der Waals surface area contributed by atoms with Crippen molar-refractivity contribution in [2.45, 2.75) is 44.4 Å². The Bertz CT molecular complexity index is 1390. The van der Waals surface area contributed by atoms with Crippen molar-refractivity contribution in [3.63, 3.8) is 0 Å². The molecule has 38 heavy (non-hydrogen) atoms. The first-order valence-corrected chi connectivity index (χ1v) is 13.5. The minimum absolute atomic E-state index is 0.161. The molecular formula is C21H24Cl2F2N4O8S. The van der Waals surface area contributed by atoms with Gasteiger partial charge >= 0.3 is 11.7 Å². The van der Waals surface area contributed by atoms with E-state index in [1.54, 1.807) is 11.9 Å². The van der Waals surface area contributed by atoms with Crippen LogP contribution in [-0.2, 0) is 24.3 Å². The Morgan fingerprint density at radius 2 is 1.84 bits per heavy atom. The van der Waals surface area contributed by atoms with Crippen LogP contribution in [0.15, 0.2) is 21.7 Å². The van der Waals surface area contributed by atoms with Gasteiger partial charge < -0.3 is 14.2 Å². The molecule has 0 saturated heterocycles. The van der Waals surface area contributed by atoms with Crippen molar-refractivity contribution < 1.29 is 36.2 Å². The fourth-order valence-electron chi connectivity index (χ4n) is 3.67. The minimum Gasteiger partial charge on any atom is -0.483 e. The third kappa shape index (κ3) is 6.88. The molecule has 1 fully saturated rings. The highest BCUT2D eigenvalue weighted by atomic mass is 35.5. The molecule has 1 aliphatic rings. The van der Waals surface area contributed by atoms with Gasteiger partial charge in [-0.2, -0.15) is 9.78 Å². The fourth-order valence-corrected chi connectivity index (χ4v) is 5.80. The normalized spacial score (nSPS) is 19.1. The van der Waals surface area contributed by atoms with E-state index < -0.39 is 63.4 Å². The van der Waals surface area contributed by atoms with Crippen LogP contribution in [0.2, 0.25) is 10.0 Å². The number of alkyl halides is 2. The van der Waals surface area contributed by atoms with Gasteiger partial charge in [0.2, 0.25) is 10.0 Å². The summed E-state index contributed by atoms with van der Waals surface area (Å²) in [5.74, 6) is -1.52. The van der Waals surface area contributed by atoms with Crippen molar-refractivity contribution >= 4 is 39.2 Å². The zero-order valence-corrected chi connectivity index (χ0v) is 22.6. The summed E-state index contributed by atoms with van der Waals surface area (Å²) < 4.78 is 70.5. The van der Waals surface area contributed by atoms with Crippen molar-refractivity contribution in [3.8, 4) is 11.4 Å². The third-order valence-corrected chi connectivity index (χ3v) is 7.88. The van der Waals surface area contributed by atoms with Crippen molar-refractivity contribution in [2.75, 3.05) is 20.0 Å². The van der Waals surface area contributed by atoms with Gasteiger partial charge in [-0.1, -0.05) is 23.2 Å². The van der Waals surface area contributed by atoms with Crippen LogP contribution >= 0.6 is 23.2 Å². The molecule has 2 aromatic rings. The summed E-state index contributed by atoms with van der Waals surface area (Å²) in [4.78, 5) is 37.0. The van der Waals surface area contributed by atoms with Gasteiger partial charge in [-0.25, -0.2) is 26.7 Å². The highest BCUT2D eigenvalue weighted by Crippen LogP contribution is 2.36. The van der Waals surface area contributed by atoms with Crippen LogP contribution in [0, 0.1) is 5.92 Å². The second-order valence-corrected chi connectivity index (χ2v) is 11.1. The maximum Gasteiger partial charge on any atom is 0.349 e. The zero-order chi connectivity index (χ0) is 28.4. The summed E-state index contributed by atoms with van der Waals surface area (Å²) in [7, 11) is -1.33. The smallest absolute Gasteiger partial charge is 0.349 e. The Kier molecular flexibility index (Phi) is 9.52. The number of carbonyl (C=O) groups excluding carboxylic acids is 1. The van der Waals surface area contributed by atoms with Crippen LogP contribution in [-0.4, -0.2) is 67.4 Å². The monoisotopic (exact) mass is 600 g/mol. The van der Waals surface area contributed by atoms with Crippen LogP contribution in [0.1, 0.15) is 31.9 Å². The number of benzene rings is 1. The molecule has 12 nitrogen and oxygen atoms in total. The minimum atomic E-state index is -3.92. The number of ether oxygens (including phenoxy) is 3. The number of methoxy groups -OCH3 is 2. The summed E-state index contributed by atoms with van der Waals surface area (Å²) >= 11 is 12.6. The maximum absolute atomic E-state index is 13.1. The molecule has 0 aliphatic heterocycles. The number of nitrogens with one attached hydrogen (secondary N) is 2. The fraction of sp³-hybridized carbons (Fsp3) is 0.524. The molecule has 1 aromatic heterocycles. The number of nitrogens with zero attached hydrogens (tertiary/aromatic N) is 2. The van der Waals surface area contributed by atoms with Gasteiger partial charge in [0.05, 0.1) is 34.9 Å². The number of hydrogen-bond acceptors (Lipinski definition) is 9. The lowest BCUT2D eigenvalue weighted by Crippen LogP contribution is -2.50. The molecule has 0 radical (unpaired) electrons. The van der Waals surface area contributed by atoms with Crippen molar-refractivity contribution in [3.05, 3.63) is 48.7 Å². The molecule has 2 N–H and O–H groups in total. The lowest BCUT2D eigenvalue weighted by Gasteiger charge is -2.34. The highest BCUT2D eigenvalue weighted by molar-refractivity contribution is 7.89. The Morgan fingerprint density at radius 1 is 1.24 bits per heavy atom. The molecule has 210 valence electrons. The Balaban J connectivity index is 1.83. The molecule has 1 saturated carbocycles. The van der Waals surface area contributed by atoms with Crippen LogP contribution in [0.4, 0.5) is 8.78 Å². The number of halogens is 4. The van der Waals surface area contributed by atoms with Crippen molar-refractivity contribution in [2.24, 2.45) is 5.92 Å². The number of H-pyrrole nitrogens is 1. The van der Waals surface area contributed by atoms with Crippen molar-refractivity contribution in [1.29, 1.82) is 0 Å². The zero-order valence-electron chi connectivity index (χ0n) is 20.2. The summed E-state index contributed by atoms with van der Waals surface area (Å²) in [6.07, 6.45) is -4.55. The Hall–Kier alpha value is -2.59. The van der Waals surface area contributed by atoms with Gasteiger partial charge in [-0.15, -0.1) is 0 Å². The standard InChI is InChI=1S/C21H24Cl2F2N4O8S/c1-9(35-2)15(8-38(33,34)28-11-4-10(5-11)20(31)36-3)37-17-13(22)6-12(7-14(17)23)29-21(32)26-19(30)16(27-29)18(24)25/h6-7,9-11,15,18,28H,4-5,8H2,1-3H3,(H,26,30,32)/t9?,10?,11?,15-/m1/s1. The first-order valence-electron chi connectivity index (χ1n) is 11.0. The molecule has 0 spiro atoms. The third-order valence-electron chi connectivity index (χ3n) is 5.85. The van der Waals surface area contributed by atoms with E-state index in [0.717, 1.165) is 12.1 Å². The van der Waals surface area contributed by atoms with Crippen LogP contribution in [0.3, 0.4) is 0 Å². The van der Waals surface area contributed by atoms with Crippen LogP contribution in [0.25, 0.3) is 5.69 Å². The lowest BCUT2D eigenvalue weighted by molar-refractivity contribution is -0.148. The van der Waals surface area contributed by atoms with E-state index in [1.807, 2.05) is 0 Å². The molecule has 17 heteroatoms. The molecule has 1 aromatic carbocycles. The SMILES string of the molecule is COC(=O)C1CC(NS(=O)(=O)C[C@@H](Oc2c(Cl)cc(-n3nc(C(F)F)c(=O)[nH]c3=O)cc2Cl)C(C)OC)C1. The first-order chi connectivity index (χ1) is 17.8. The molecule has 0 amide bonds. The quantitative estimate of drug-likeness (QED) is 0.367. The largest absolute Gasteiger partial charge is 0.483 e. The molecule has 1 heterocycles. The second kappa shape index (κ2) is 12.1. The number of rotatable bonds is 11. The number of esters is 1. The topological polar surface area (TPSA) is 159 Å². The number of aromatic amines is 1. The summed E-state index contributed by atoms with van der Waals surface area (Å²) in [6.45, 7) is 1.56. The predicted molar refractivity (Wildman–Crippen MR) is 132 cm³/mol. The number of carbonyl (C=O) groups is 1. The summed E-state index contributed by atoms with van der Waals surface area (Å²) in [5, 5.41) is 2.97. The Morgan fingerprint density at radius 3 is 2.37 bits per heavy atom. The van der Waals surface area contributed by atoms with Gasteiger partial charge in [0.1, 0.15) is 11.9 Å². The van der Waals surface area contributed by atoms with Crippen LogP contribution < -0.4 is 20.7 Å². The van der Waals surface area contributed by atoms with E-state index in [4.69, 9.17) is 32.7 Å². The molecule has 2 atom stereocenters. The number of aromatic nitrogens is 3. The van der Waals surface area contributed by atoms with Crippen molar-refractivity contribution in [1.82, 2.24) is 19.5 Å². The number of hydrogen-bond donors (Lipinski definition) is 2. The molecule has 0 bridgehead atoms. The summed E-state index contributed by atoms with van der Waals surface area (Å²) in [5.41, 5.74) is -3.81. The number of sulfonamides is 1. The maximum atomic E-state index is 13.1. The molecule has 1 unspecified atom stereocenters. The van der Waals surface area contributed by atoms with Gasteiger partial charge in [0.25, 0.3) is 12.0 Å². The van der Waals surface area contributed by atoms with E-state index >= 15 is 0 Å². The van der Waals surface area contributed by atoms with Gasteiger partial charge in [-0.05, 0) is 31.9 Å². The average Bonchev–Trinajstić information content (AvgIpc) is 2.81. The molecule has 1 aliphatic carbocycles.